The highest BCUT2D eigenvalue weighted by Crippen LogP contribution is 2.15. The van der Waals surface area contributed by atoms with Gasteiger partial charge >= 0.3 is 26.0 Å². The van der Waals surface area contributed by atoms with Crippen molar-refractivity contribution in [2.24, 2.45) is 0 Å². The Morgan fingerprint density at radius 3 is 0.786 bits per heavy atom. The molecule has 0 unspecified atom stereocenters. The average Bonchev–Trinajstić information content (AvgIpc) is 1.42. The molecule has 0 saturated heterocycles. The van der Waals surface area contributed by atoms with E-state index < -0.39 is 26.0 Å². The summed E-state index contributed by atoms with van der Waals surface area (Å²) in [4.78, 5) is 0. The van der Waals surface area contributed by atoms with E-state index in [0.717, 1.165) is 13.1 Å². The highest BCUT2D eigenvalue weighted by atomic mass is 28.5. The molecule has 0 atom stereocenters. The highest BCUT2D eigenvalue weighted by Gasteiger charge is 2.34. The van der Waals surface area contributed by atoms with Crippen LogP contribution in [0.2, 0.25) is 39.3 Å². The lowest BCUT2D eigenvalue weighted by Gasteiger charge is -2.19. The van der Waals surface area contributed by atoms with Crippen LogP contribution in [-0.4, -0.2) is 26.0 Å². The second kappa shape index (κ2) is 5.42. The van der Waals surface area contributed by atoms with Crippen LogP contribution >= 0.6 is 0 Å². The van der Waals surface area contributed by atoms with E-state index >= 15 is 0 Å². The zero-order valence-corrected chi connectivity index (χ0v) is 12.4. The fourth-order valence-electron chi connectivity index (χ4n) is 0.577. The normalized spacial score (nSPS) is 13.3. The Morgan fingerprint density at radius 1 is 0.643 bits per heavy atom. The first-order valence-corrected chi connectivity index (χ1v) is 12.5. The summed E-state index contributed by atoms with van der Waals surface area (Å²) in [6, 6.07) is 0. The fraction of sp³-hybridized carbons (Fsp3) is 1.00. The van der Waals surface area contributed by atoms with Gasteiger partial charge in [-0.1, -0.05) is 0 Å². The van der Waals surface area contributed by atoms with E-state index in [-0.39, 0.29) is 0 Å². The second-order valence-corrected chi connectivity index (χ2v) is 13.1. The number of rotatable bonds is 2. The Balaban J connectivity index is 0. The molecule has 0 aliphatic heterocycles. The Morgan fingerprint density at radius 2 is 0.786 bits per heavy atom. The van der Waals surface area contributed by atoms with Gasteiger partial charge in [-0.2, -0.15) is 0 Å². The zero-order chi connectivity index (χ0) is 12.2. The van der Waals surface area contributed by atoms with Crippen LogP contribution in [0.1, 0.15) is 0 Å². The molecule has 1 nitrogen and oxygen atoms in total. The van der Waals surface area contributed by atoms with Crippen LogP contribution in [0.4, 0.5) is 16.4 Å². The topological polar surface area (TPSA) is 9.23 Å². The summed E-state index contributed by atoms with van der Waals surface area (Å²) in [5, 5.41) is 0. The summed E-state index contributed by atoms with van der Waals surface area (Å²) < 4.78 is 52.1. The van der Waals surface area contributed by atoms with Crippen LogP contribution in [0.3, 0.4) is 0 Å². The van der Waals surface area contributed by atoms with E-state index in [1.54, 1.807) is 0 Å². The van der Waals surface area contributed by atoms with Crippen molar-refractivity contribution in [2.45, 2.75) is 39.3 Å². The third-order valence-corrected chi connectivity index (χ3v) is 4.37. The van der Waals surface area contributed by atoms with Crippen LogP contribution in [0.25, 0.3) is 0 Å². The molecule has 0 spiro atoms. The van der Waals surface area contributed by atoms with Gasteiger partial charge in [-0.15, -0.1) is 0 Å². The SMILES string of the molecule is C[Si](C)(F)F.C[Si](C)(F)O[Si](C)(C)F. The summed E-state index contributed by atoms with van der Waals surface area (Å²) in [7, 11) is -9.82. The molecule has 0 heterocycles. The maximum atomic E-state index is 12.6. The summed E-state index contributed by atoms with van der Waals surface area (Å²) in [5.74, 6) is 0. The molecule has 14 heavy (non-hydrogen) atoms. The largest absolute Gasteiger partial charge is 0.419 e. The Hall–Kier alpha value is 0.331. The van der Waals surface area contributed by atoms with Gasteiger partial charge in [0, 0.05) is 0 Å². The van der Waals surface area contributed by atoms with Gasteiger partial charge in [0.2, 0.25) is 0 Å². The van der Waals surface area contributed by atoms with Crippen molar-refractivity contribution < 1.29 is 20.5 Å². The monoisotopic (exact) mass is 266 g/mol. The first-order valence-electron chi connectivity index (χ1n) is 4.16. The Labute approximate surface area is 86.4 Å². The molecule has 0 N–H and O–H groups in total. The molecule has 0 aliphatic rings. The number of hydrogen-bond donors (Lipinski definition) is 0. The molecular weight excluding hydrogens is 248 g/mol. The number of hydrogen-bond acceptors (Lipinski definition) is 1. The van der Waals surface area contributed by atoms with Gasteiger partial charge in [0.1, 0.15) is 0 Å². The van der Waals surface area contributed by atoms with Crippen LogP contribution in [-0.2, 0) is 4.12 Å². The molecule has 0 aromatic heterocycles. The van der Waals surface area contributed by atoms with E-state index in [4.69, 9.17) is 0 Å². The van der Waals surface area contributed by atoms with E-state index in [0.29, 0.717) is 0 Å². The second-order valence-electron chi connectivity index (χ2n) is 4.16. The van der Waals surface area contributed by atoms with Gasteiger partial charge in [-0.3, -0.25) is 16.4 Å². The lowest BCUT2D eigenvalue weighted by atomic mass is 11.9. The molecule has 8 heteroatoms. The third-order valence-electron chi connectivity index (χ3n) is 0.485. The molecule has 88 valence electrons. The van der Waals surface area contributed by atoms with Crippen molar-refractivity contribution in [1.82, 2.24) is 0 Å². The van der Waals surface area contributed by atoms with E-state index in [1.807, 2.05) is 0 Å². The van der Waals surface area contributed by atoms with E-state index in [1.165, 1.54) is 26.2 Å². The summed E-state index contributed by atoms with van der Waals surface area (Å²) in [6.45, 7) is 7.32. The smallest absolute Gasteiger partial charge is 0.409 e. The van der Waals surface area contributed by atoms with Gasteiger partial charge in [-0.25, -0.2) is 0 Å². The van der Waals surface area contributed by atoms with Crippen LogP contribution < -0.4 is 0 Å². The zero-order valence-electron chi connectivity index (χ0n) is 9.42. The van der Waals surface area contributed by atoms with Crippen molar-refractivity contribution in [3.05, 3.63) is 0 Å². The highest BCUT2D eigenvalue weighted by molar-refractivity contribution is 6.78. The van der Waals surface area contributed by atoms with Gasteiger partial charge < -0.3 is 4.12 Å². The fourth-order valence-corrected chi connectivity index (χ4v) is 5.19. The number of halogens is 4. The molecule has 0 saturated carbocycles. The summed E-state index contributed by atoms with van der Waals surface area (Å²) in [5.41, 5.74) is 0. The quantitative estimate of drug-likeness (QED) is 0.417. The minimum Gasteiger partial charge on any atom is -0.409 e. The van der Waals surface area contributed by atoms with Gasteiger partial charge in [0.15, 0.2) is 0 Å². The predicted molar refractivity (Wildman–Crippen MR) is 58.0 cm³/mol. The van der Waals surface area contributed by atoms with Crippen molar-refractivity contribution in [3.8, 4) is 0 Å². The van der Waals surface area contributed by atoms with E-state index in [9.17, 15) is 16.4 Å². The van der Waals surface area contributed by atoms with Crippen molar-refractivity contribution in [1.29, 1.82) is 0 Å². The minimum absolute atomic E-state index is 0.993. The molecule has 0 radical (unpaired) electrons. The molecule has 0 aliphatic carbocycles. The predicted octanol–water partition coefficient (Wildman–Crippen LogP) is 3.97. The Kier molecular flexibility index (Phi) is 6.49. The van der Waals surface area contributed by atoms with Gasteiger partial charge in [0.25, 0.3) is 0 Å². The summed E-state index contributed by atoms with van der Waals surface area (Å²) >= 11 is 0. The molecule has 0 aromatic carbocycles. The van der Waals surface area contributed by atoms with E-state index in [2.05, 4.69) is 4.12 Å². The maximum Gasteiger partial charge on any atom is 0.419 e. The molecule has 0 bridgehead atoms. The first kappa shape index (κ1) is 16.7. The van der Waals surface area contributed by atoms with Crippen LogP contribution in [0.5, 0.6) is 0 Å². The molecule has 0 rings (SSSR count). The maximum absolute atomic E-state index is 12.6. The lowest BCUT2D eigenvalue weighted by Crippen LogP contribution is -2.38. The van der Waals surface area contributed by atoms with Crippen LogP contribution in [0, 0.1) is 0 Å². The van der Waals surface area contributed by atoms with Crippen LogP contribution in [0.15, 0.2) is 0 Å². The van der Waals surface area contributed by atoms with Crippen molar-refractivity contribution >= 4 is 26.0 Å². The first-order chi connectivity index (χ1) is 5.71. The molecule has 0 amide bonds. The molecule has 0 fully saturated rings. The molecular formula is C6H18F4OSi3. The summed E-state index contributed by atoms with van der Waals surface area (Å²) in [6.07, 6.45) is 0. The van der Waals surface area contributed by atoms with Crippen molar-refractivity contribution in [2.75, 3.05) is 0 Å². The third kappa shape index (κ3) is 39.5. The van der Waals surface area contributed by atoms with Crippen molar-refractivity contribution in [3.63, 3.8) is 0 Å². The molecule has 0 aromatic rings. The average molecular weight is 266 g/mol. The Bertz CT molecular complexity index is 140. The lowest BCUT2D eigenvalue weighted by molar-refractivity contribution is 0.421. The standard InChI is InChI=1S/C4H12F2OSi2.C2H6F2Si/c1-8(2,5)7-9(3,4)6;1-5(2,3)4/h1-4H3;1-2H3. The van der Waals surface area contributed by atoms with Gasteiger partial charge in [0.05, 0.1) is 0 Å². The van der Waals surface area contributed by atoms with Gasteiger partial charge in [-0.05, 0) is 39.3 Å². The minimum atomic E-state index is -3.61.